The van der Waals surface area contributed by atoms with E-state index in [4.69, 9.17) is 4.74 Å². The van der Waals surface area contributed by atoms with Gasteiger partial charge in [0.15, 0.2) is 0 Å². The maximum absolute atomic E-state index is 5.76. The average Bonchev–Trinajstić information content (AvgIpc) is 2.57. The molecule has 0 bridgehead atoms. The number of ether oxygens (including phenoxy) is 1. The molecule has 0 radical (unpaired) electrons. The lowest BCUT2D eigenvalue weighted by atomic mass is 9.97. The average molecular weight is 347 g/mol. The van der Waals surface area contributed by atoms with Crippen LogP contribution in [0.2, 0.25) is 0 Å². The highest BCUT2D eigenvalue weighted by Gasteiger charge is 2.29. The molecule has 3 nitrogen and oxygen atoms in total. The van der Waals surface area contributed by atoms with Crippen molar-refractivity contribution >= 4 is 0 Å². The van der Waals surface area contributed by atoms with Crippen LogP contribution in [0.1, 0.15) is 58.6 Å². The van der Waals surface area contributed by atoms with Gasteiger partial charge in [0.05, 0.1) is 6.10 Å². The number of benzene rings is 1. The fourth-order valence-electron chi connectivity index (χ4n) is 3.57. The van der Waals surface area contributed by atoms with E-state index in [9.17, 15) is 0 Å². The summed E-state index contributed by atoms with van der Waals surface area (Å²) in [5, 5.41) is 0. The summed E-state index contributed by atoms with van der Waals surface area (Å²) in [6.45, 7) is 17.7. The van der Waals surface area contributed by atoms with Crippen LogP contribution < -0.4 is 0 Å². The zero-order valence-electron chi connectivity index (χ0n) is 17.1. The van der Waals surface area contributed by atoms with Crippen molar-refractivity contribution in [1.29, 1.82) is 0 Å². The van der Waals surface area contributed by atoms with Gasteiger partial charge >= 0.3 is 0 Å². The first kappa shape index (κ1) is 20.4. The smallest absolute Gasteiger partial charge is 0.0518 e. The molecule has 0 spiro atoms. The minimum absolute atomic E-state index is 0.225. The molecule has 1 fully saturated rings. The number of rotatable bonds is 9. The Hall–Kier alpha value is -0.900. The summed E-state index contributed by atoms with van der Waals surface area (Å²) in [6.07, 6.45) is 3.84. The van der Waals surface area contributed by atoms with E-state index in [-0.39, 0.29) is 5.54 Å². The number of aryl methyl sites for hydroxylation is 1. The van der Waals surface area contributed by atoms with Crippen LogP contribution in [0.25, 0.3) is 0 Å². The predicted octanol–water partition coefficient (Wildman–Crippen LogP) is 4.35. The summed E-state index contributed by atoms with van der Waals surface area (Å²) in [6, 6.07) is 9.22. The molecule has 1 aliphatic rings. The van der Waals surface area contributed by atoms with Gasteiger partial charge in [-0.05, 0) is 51.7 Å². The van der Waals surface area contributed by atoms with Crippen molar-refractivity contribution in [2.45, 2.75) is 72.1 Å². The van der Waals surface area contributed by atoms with E-state index < -0.39 is 0 Å². The zero-order chi connectivity index (χ0) is 18.3. The fourth-order valence-corrected chi connectivity index (χ4v) is 3.57. The second-order valence-corrected chi connectivity index (χ2v) is 8.31. The summed E-state index contributed by atoms with van der Waals surface area (Å²) < 4.78 is 5.76. The van der Waals surface area contributed by atoms with Gasteiger partial charge in [0.25, 0.3) is 0 Å². The molecule has 0 amide bonds. The molecule has 0 aliphatic carbocycles. The van der Waals surface area contributed by atoms with Gasteiger partial charge in [-0.15, -0.1) is 0 Å². The van der Waals surface area contributed by atoms with Gasteiger partial charge in [0.2, 0.25) is 0 Å². The highest BCUT2D eigenvalue weighted by molar-refractivity contribution is 5.22. The lowest BCUT2D eigenvalue weighted by Gasteiger charge is -2.44. The first-order chi connectivity index (χ1) is 11.9. The second-order valence-electron chi connectivity index (χ2n) is 8.31. The molecule has 0 saturated carbocycles. The van der Waals surface area contributed by atoms with Gasteiger partial charge in [-0.1, -0.05) is 37.6 Å². The third-order valence-electron chi connectivity index (χ3n) is 5.36. The normalized spacial score (nSPS) is 17.4. The molecular weight excluding hydrogens is 308 g/mol. The third kappa shape index (κ3) is 6.73. The molecule has 0 atom stereocenters. The monoisotopic (exact) mass is 346 g/mol. The van der Waals surface area contributed by atoms with Gasteiger partial charge in [-0.25, -0.2) is 0 Å². The maximum Gasteiger partial charge on any atom is 0.0518 e. The lowest BCUT2D eigenvalue weighted by molar-refractivity contribution is 0.00905. The molecule has 1 aromatic rings. The Balaban J connectivity index is 1.76. The van der Waals surface area contributed by atoms with E-state index >= 15 is 0 Å². The third-order valence-corrected chi connectivity index (χ3v) is 5.36. The summed E-state index contributed by atoms with van der Waals surface area (Å²) in [5.41, 5.74) is 3.13. The van der Waals surface area contributed by atoms with Gasteiger partial charge in [-0.2, -0.15) is 0 Å². The number of hydrogen-bond acceptors (Lipinski definition) is 3. The Morgan fingerprint density at radius 1 is 1.00 bits per heavy atom. The van der Waals surface area contributed by atoms with Crippen molar-refractivity contribution in [1.82, 2.24) is 9.80 Å². The Morgan fingerprint density at radius 2 is 1.60 bits per heavy atom. The van der Waals surface area contributed by atoms with E-state index in [1.807, 2.05) is 0 Å². The van der Waals surface area contributed by atoms with Crippen LogP contribution in [0.15, 0.2) is 24.3 Å². The first-order valence-corrected chi connectivity index (χ1v) is 10.1. The van der Waals surface area contributed by atoms with Crippen LogP contribution in [-0.4, -0.2) is 54.2 Å². The van der Waals surface area contributed by atoms with E-state index in [0.29, 0.717) is 6.10 Å². The van der Waals surface area contributed by atoms with Crippen LogP contribution in [0, 0.1) is 0 Å². The van der Waals surface area contributed by atoms with Gasteiger partial charge in [0.1, 0.15) is 0 Å². The molecule has 142 valence electrons. The predicted molar refractivity (Wildman–Crippen MR) is 107 cm³/mol. The molecule has 1 aliphatic heterocycles. The van der Waals surface area contributed by atoms with Crippen LogP contribution in [-0.2, 0) is 17.7 Å². The summed E-state index contributed by atoms with van der Waals surface area (Å²) >= 11 is 0. The summed E-state index contributed by atoms with van der Waals surface area (Å²) in [5.74, 6) is 0. The summed E-state index contributed by atoms with van der Waals surface area (Å²) in [7, 11) is 0. The summed E-state index contributed by atoms with van der Waals surface area (Å²) in [4.78, 5) is 5.23. The molecule has 1 saturated heterocycles. The minimum atomic E-state index is 0.225. The molecule has 0 unspecified atom stereocenters. The molecule has 3 heteroatoms. The quantitative estimate of drug-likeness (QED) is 0.661. The second kappa shape index (κ2) is 9.70. The highest BCUT2D eigenvalue weighted by Crippen LogP contribution is 2.22. The molecule has 2 rings (SSSR count). The van der Waals surface area contributed by atoms with Crippen molar-refractivity contribution in [3.8, 4) is 0 Å². The van der Waals surface area contributed by atoms with E-state index in [2.05, 4.69) is 68.7 Å². The van der Waals surface area contributed by atoms with Gasteiger partial charge in [-0.3, -0.25) is 9.80 Å². The SMILES string of the molecule is CCCc1ccc(CN2CCN(C(C)(C)CCOC(C)C)CC2)cc1. The van der Waals surface area contributed by atoms with Crippen molar-refractivity contribution in [2.24, 2.45) is 0 Å². The van der Waals surface area contributed by atoms with Crippen molar-refractivity contribution in [3.63, 3.8) is 0 Å². The first-order valence-electron chi connectivity index (χ1n) is 10.1. The molecule has 0 aromatic heterocycles. The molecule has 0 N–H and O–H groups in total. The highest BCUT2D eigenvalue weighted by atomic mass is 16.5. The topological polar surface area (TPSA) is 15.7 Å². The van der Waals surface area contributed by atoms with Crippen molar-refractivity contribution in [2.75, 3.05) is 32.8 Å². The molecule has 25 heavy (non-hydrogen) atoms. The van der Waals surface area contributed by atoms with Crippen LogP contribution in [0.3, 0.4) is 0 Å². The van der Waals surface area contributed by atoms with Crippen molar-refractivity contribution < 1.29 is 4.74 Å². The Bertz CT molecular complexity index is 487. The number of nitrogens with zero attached hydrogens (tertiary/aromatic N) is 2. The Labute approximate surface area is 155 Å². The van der Waals surface area contributed by atoms with Crippen LogP contribution >= 0.6 is 0 Å². The minimum Gasteiger partial charge on any atom is -0.379 e. The standard InChI is InChI=1S/C22H38N2O/c1-6-7-20-8-10-21(11-9-20)18-23-13-15-24(16-14-23)22(4,5)12-17-25-19(2)3/h8-11,19H,6-7,12-18H2,1-5H3. The zero-order valence-corrected chi connectivity index (χ0v) is 17.1. The van der Waals surface area contributed by atoms with Gasteiger partial charge in [0, 0.05) is 44.9 Å². The van der Waals surface area contributed by atoms with Crippen LogP contribution in [0.5, 0.6) is 0 Å². The van der Waals surface area contributed by atoms with Crippen molar-refractivity contribution in [3.05, 3.63) is 35.4 Å². The van der Waals surface area contributed by atoms with Crippen LogP contribution in [0.4, 0.5) is 0 Å². The van der Waals surface area contributed by atoms with E-state index in [1.165, 1.54) is 24.0 Å². The molecule has 1 aromatic carbocycles. The Morgan fingerprint density at radius 3 is 2.16 bits per heavy atom. The molecule has 1 heterocycles. The maximum atomic E-state index is 5.76. The Kier molecular flexibility index (Phi) is 7.92. The lowest BCUT2D eigenvalue weighted by Crippen LogP contribution is -2.54. The number of piperazine rings is 1. The number of hydrogen-bond donors (Lipinski definition) is 0. The van der Waals surface area contributed by atoms with E-state index in [1.54, 1.807) is 0 Å². The fraction of sp³-hybridized carbons (Fsp3) is 0.727. The largest absolute Gasteiger partial charge is 0.379 e. The van der Waals surface area contributed by atoms with Gasteiger partial charge < -0.3 is 4.74 Å². The molecular formula is C22H38N2O. The van der Waals surface area contributed by atoms with E-state index in [0.717, 1.165) is 45.8 Å².